The Morgan fingerprint density at radius 1 is 0.750 bits per heavy atom. The lowest BCUT2D eigenvalue weighted by atomic mass is 10.2. The van der Waals surface area contributed by atoms with E-state index in [9.17, 15) is 0 Å². The van der Waals surface area contributed by atoms with Crippen LogP contribution in [0.5, 0.6) is 5.75 Å². The smallest absolute Gasteiger partial charge is 0.229 e. The zero-order valence-corrected chi connectivity index (χ0v) is 15.7. The fraction of sp³-hybridized carbons (Fsp3) is 0.130. The molecule has 0 spiro atoms. The molecular formula is C23H22N4O. The van der Waals surface area contributed by atoms with Crippen molar-refractivity contribution in [3.63, 3.8) is 0 Å². The quantitative estimate of drug-likeness (QED) is 0.424. The molecule has 4 rings (SSSR count). The summed E-state index contributed by atoms with van der Waals surface area (Å²) >= 11 is 0. The van der Waals surface area contributed by atoms with Crippen molar-refractivity contribution in [3.8, 4) is 5.75 Å². The van der Waals surface area contributed by atoms with Crippen LogP contribution in [0, 0.1) is 0 Å². The number of aromatic nitrogens is 2. The normalized spacial score (nSPS) is 10.6. The van der Waals surface area contributed by atoms with E-state index in [1.165, 1.54) is 0 Å². The van der Waals surface area contributed by atoms with Crippen LogP contribution in [-0.4, -0.2) is 16.6 Å². The molecule has 28 heavy (non-hydrogen) atoms. The van der Waals surface area contributed by atoms with Crippen molar-refractivity contribution >= 4 is 34.0 Å². The van der Waals surface area contributed by atoms with Gasteiger partial charge in [0, 0.05) is 16.8 Å². The summed E-state index contributed by atoms with van der Waals surface area (Å²) in [6.07, 6.45) is 0.988. The van der Waals surface area contributed by atoms with Gasteiger partial charge in [-0.2, -0.15) is 4.98 Å². The first-order valence-electron chi connectivity index (χ1n) is 9.40. The van der Waals surface area contributed by atoms with E-state index in [0.717, 1.165) is 46.9 Å². The van der Waals surface area contributed by atoms with E-state index < -0.39 is 0 Å². The zero-order chi connectivity index (χ0) is 19.2. The SMILES string of the molecule is CCCOc1ccc(Nc2nc(Nc3ccccc3)c3ccccc3n2)cc1. The molecule has 2 N–H and O–H groups in total. The topological polar surface area (TPSA) is 59.1 Å². The molecule has 0 amide bonds. The van der Waals surface area contributed by atoms with Crippen LogP contribution in [0.4, 0.5) is 23.1 Å². The maximum absolute atomic E-state index is 5.63. The molecule has 5 nitrogen and oxygen atoms in total. The number of hydrogen-bond acceptors (Lipinski definition) is 5. The minimum atomic E-state index is 0.541. The van der Waals surface area contributed by atoms with Crippen LogP contribution < -0.4 is 15.4 Å². The van der Waals surface area contributed by atoms with Gasteiger partial charge < -0.3 is 15.4 Å². The third-order valence-corrected chi connectivity index (χ3v) is 4.22. The predicted molar refractivity (Wildman–Crippen MR) is 115 cm³/mol. The number of ether oxygens (including phenoxy) is 1. The molecule has 0 unspecified atom stereocenters. The second kappa shape index (κ2) is 8.39. The molecule has 0 aliphatic rings. The minimum absolute atomic E-state index is 0.541. The summed E-state index contributed by atoms with van der Waals surface area (Å²) in [6, 6.07) is 25.8. The van der Waals surface area contributed by atoms with Crippen LogP contribution in [0.15, 0.2) is 78.9 Å². The molecule has 4 aromatic rings. The summed E-state index contributed by atoms with van der Waals surface area (Å²) in [6.45, 7) is 2.81. The fourth-order valence-electron chi connectivity index (χ4n) is 2.87. The summed E-state index contributed by atoms with van der Waals surface area (Å²) in [5.74, 6) is 2.17. The first kappa shape index (κ1) is 17.8. The number of benzene rings is 3. The van der Waals surface area contributed by atoms with Gasteiger partial charge in [0.25, 0.3) is 0 Å². The Morgan fingerprint density at radius 2 is 1.46 bits per heavy atom. The van der Waals surface area contributed by atoms with E-state index in [0.29, 0.717) is 5.95 Å². The van der Waals surface area contributed by atoms with Crippen molar-refractivity contribution in [1.29, 1.82) is 0 Å². The van der Waals surface area contributed by atoms with Gasteiger partial charge in [-0.25, -0.2) is 4.98 Å². The Kier molecular flexibility index (Phi) is 5.33. The third kappa shape index (κ3) is 4.20. The molecule has 0 aliphatic heterocycles. The van der Waals surface area contributed by atoms with E-state index in [1.807, 2.05) is 78.9 Å². The van der Waals surface area contributed by atoms with Crippen molar-refractivity contribution in [2.75, 3.05) is 17.2 Å². The monoisotopic (exact) mass is 370 g/mol. The van der Waals surface area contributed by atoms with E-state index in [-0.39, 0.29) is 0 Å². The summed E-state index contributed by atoms with van der Waals surface area (Å²) in [5.41, 5.74) is 2.76. The second-order valence-corrected chi connectivity index (χ2v) is 6.40. The third-order valence-electron chi connectivity index (χ3n) is 4.22. The molecule has 0 saturated heterocycles. The van der Waals surface area contributed by atoms with Crippen molar-refractivity contribution < 1.29 is 4.74 Å². The van der Waals surface area contributed by atoms with Crippen LogP contribution in [0.25, 0.3) is 10.9 Å². The van der Waals surface area contributed by atoms with Gasteiger partial charge in [0.05, 0.1) is 12.1 Å². The van der Waals surface area contributed by atoms with Gasteiger partial charge >= 0.3 is 0 Å². The Balaban J connectivity index is 1.62. The van der Waals surface area contributed by atoms with Gasteiger partial charge in [0.2, 0.25) is 5.95 Å². The molecule has 140 valence electrons. The first-order valence-corrected chi connectivity index (χ1v) is 9.40. The van der Waals surface area contributed by atoms with E-state index in [1.54, 1.807) is 0 Å². The van der Waals surface area contributed by atoms with Crippen molar-refractivity contribution in [2.45, 2.75) is 13.3 Å². The molecule has 1 heterocycles. The Hall–Kier alpha value is -3.60. The lowest BCUT2D eigenvalue weighted by Crippen LogP contribution is -2.02. The molecule has 5 heteroatoms. The highest BCUT2D eigenvalue weighted by molar-refractivity contribution is 5.91. The molecule has 3 aromatic carbocycles. The number of fused-ring (bicyclic) bond motifs is 1. The summed E-state index contributed by atoms with van der Waals surface area (Å²) in [4.78, 5) is 9.35. The number of rotatable bonds is 7. The van der Waals surface area contributed by atoms with E-state index in [2.05, 4.69) is 22.5 Å². The average Bonchev–Trinajstić information content (AvgIpc) is 2.74. The molecule has 0 aliphatic carbocycles. The number of hydrogen-bond donors (Lipinski definition) is 2. The van der Waals surface area contributed by atoms with Crippen LogP contribution in [-0.2, 0) is 0 Å². The van der Waals surface area contributed by atoms with Crippen LogP contribution in [0.3, 0.4) is 0 Å². The molecule has 0 atom stereocenters. The minimum Gasteiger partial charge on any atom is -0.494 e. The molecule has 0 radical (unpaired) electrons. The highest BCUT2D eigenvalue weighted by atomic mass is 16.5. The Labute approximate surface area is 164 Å². The highest BCUT2D eigenvalue weighted by Gasteiger charge is 2.08. The standard InChI is InChI=1S/C23H22N4O/c1-2-16-28-19-14-12-18(13-15-19)25-23-26-21-11-7-6-10-20(21)22(27-23)24-17-8-4-3-5-9-17/h3-15H,2,16H2,1H3,(H2,24,25,26,27). The van der Waals surface area contributed by atoms with Gasteiger partial charge in [0.15, 0.2) is 0 Å². The van der Waals surface area contributed by atoms with E-state index >= 15 is 0 Å². The van der Waals surface area contributed by atoms with Gasteiger partial charge in [-0.1, -0.05) is 37.3 Å². The molecule has 0 fully saturated rings. The average molecular weight is 370 g/mol. The van der Waals surface area contributed by atoms with Gasteiger partial charge in [-0.3, -0.25) is 0 Å². The molecular weight excluding hydrogens is 348 g/mol. The number of nitrogens with zero attached hydrogens (tertiary/aromatic N) is 2. The molecule has 0 saturated carbocycles. The lowest BCUT2D eigenvalue weighted by Gasteiger charge is -2.12. The first-order chi connectivity index (χ1) is 13.8. The van der Waals surface area contributed by atoms with Gasteiger partial charge in [-0.15, -0.1) is 0 Å². The van der Waals surface area contributed by atoms with Gasteiger partial charge in [-0.05, 0) is 55.0 Å². The summed E-state index contributed by atoms with van der Waals surface area (Å²) < 4.78 is 5.63. The van der Waals surface area contributed by atoms with Gasteiger partial charge in [0.1, 0.15) is 11.6 Å². The van der Waals surface area contributed by atoms with Crippen LogP contribution in [0.1, 0.15) is 13.3 Å². The Bertz CT molecular complexity index is 1050. The lowest BCUT2D eigenvalue weighted by molar-refractivity contribution is 0.317. The van der Waals surface area contributed by atoms with Crippen LogP contribution in [0.2, 0.25) is 0 Å². The maximum Gasteiger partial charge on any atom is 0.229 e. The summed E-state index contributed by atoms with van der Waals surface area (Å²) in [7, 11) is 0. The maximum atomic E-state index is 5.63. The zero-order valence-electron chi connectivity index (χ0n) is 15.7. The molecule has 0 bridgehead atoms. The predicted octanol–water partition coefficient (Wildman–Crippen LogP) is 5.91. The summed E-state index contributed by atoms with van der Waals surface area (Å²) in [5, 5.41) is 7.65. The number of para-hydroxylation sites is 2. The Morgan fingerprint density at radius 3 is 2.25 bits per heavy atom. The van der Waals surface area contributed by atoms with Crippen LogP contribution >= 0.6 is 0 Å². The van der Waals surface area contributed by atoms with E-state index in [4.69, 9.17) is 9.72 Å². The molecule has 1 aromatic heterocycles. The second-order valence-electron chi connectivity index (χ2n) is 6.40. The van der Waals surface area contributed by atoms with Crippen molar-refractivity contribution in [3.05, 3.63) is 78.9 Å². The number of anilines is 4. The fourth-order valence-corrected chi connectivity index (χ4v) is 2.87. The largest absolute Gasteiger partial charge is 0.494 e. The van der Waals surface area contributed by atoms with Crippen molar-refractivity contribution in [1.82, 2.24) is 9.97 Å². The number of nitrogens with one attached hydrogen (secondary N) is 2. The van der Waals surface area contributed by atoms with Crippen molar-refractivity contribution in [2.24, 2.45) is 0 Å². The highest BCUT2D eigenvalue weighted by Crippen LogP contribution is 2.26.